The van der Waals surface area contributed by atoms with Gasteiger partial charge in [0.15, 0.2) is 0 Å². The Kier molecular flexibility index (Phi) is 7.02. The first-order valence-electron chi connectivity index (χ1n) is 10.4. The Hall–Kier alpha value is -2.55. The van der Waals surface area contributed by atoms with E-state index in [0.29, 0.717) is 6.04 Å². The van der Waals surface area contributed by atoms with Crippen LogP contribution in [0.15, 0.2) is 24.3 Å². The van der Waals surface area contributed by atoms with Gasteiger partial charge in [-0.2, -0.15) is 18.2 Å². The fourth-order valence-electron chi connectivity index (χ4n) is 3.63. The van der Waals surface area contributed by atoms with Gasteiger partial charge in [-0.25, -0.2) is 4.98 Å². The smallest absolute Gasteiger partial charge is 0.399 e. The Morgan fingerprint density at radius 3 is 2.67 bits per heavy atom. The fourth-order valence-corrected chi connectivity index (χ4v) is 3.63. The van der Waals surface area contributed by atoms with Gasteiger partial charge in [-0.1, -0.05) is 20.3 Å². The topological polar surface area (TPSA) is 79.1 Å². The first-order chi connectivity index (χ1) is 14.3. The fraction of sp³-hybridized carbons (Fsp3) is 0.524. The molecule has 1 aliphatic rings. The van der Waals surface area contributed by atoms with Crippen molar-refractivity contribution in [2.75, 3.05) is 35.6 Å². The highest BCUT2D eigenvalue weighted by atomic mass is 19.4. The maximum absolute atomic E-state index is 13.1. The number of likely N-dealkylation sites (N-methyl/N-ethyl adjacent to an activating group) is 1. The second kappa shape index (κ2) is 9.51. The highest BCUT2D eigenvalue weighted by Gasteiger charge is 2.31. The van der Waals surface area contributed by atoms with Gasteiger partial charge in [0.05, 0.1) is 5.56 Å². The Labute approximate surface area is 175 Å². The number of aromatic nitrogens is 2. The molecule has 0 amide bonds. The van der Waals surface area contributed by atoms with Crippen molar-refractivity contribution < 1.29 is 13.2 Å². The molecule has 1 aromatic carbocycles. The molecular weight excluding hydrogens is 393 g/mol. The Bertz CT molecular complexity index is 855. The van der Waals surface area contributed by atoms with E-state index in [4.69, 9.17) is 5.73 Å². The van der Waals surface area contributed by atoms with Gasteiger partial charge in [0, 0.05) is 42.3 Å². The number of nitrogens with zero attached hydrogens (tertiary/aromatic N) is 3. The molecule has 1 saturated heterocycles. The van der Waals surface area contributed by atoms with Crippen LogP contribution in [0.4, 0.5) is 36.3 Å². The van der Waals surface area contributed by atoms with Crippen molar-refractivity contribution in [1.82, 2.24) is 15.3 Å². The molecule has 1 aromatic heterocycles. The summed E-state index contributed by atoms with van der Waals surface area (Å²) < 4.78 is 39.4. The molecule has 3 rings (SSSR count). The van der Waals surface area contributed by atoms with Gasteiger partial charge in [0.2, 0.25) is 5.95 Å². The molecule has 1 atom stereocenters. The minimum absolute atomic E-state index is 0.0303. The Morgan fingerprint density at radius 1 is 1.17 bits per heavy atom. The van der Waals surface area contributed by atoms with Crippen molar-refractivity contribution in [3.63, 3.8) is 0 Å². The van der Waals surface area contributed by atoms with Gasteiger partial charge in [0.25, 0.3) is 0 Å². The third-order valence-corrected chi connectivity index (χ3v) is 5.10. The molecule has 0 radical (unpaired) electrons. The van der Waals surface area contributed by atoms with E-state index in [1.807, 2.05) is 6.07 Å². The summed E-state index contributed by atoms with van der Waals surface area (Å²) in [6.07, 6.45) is -0.659. The van der Waals surface area contributed by atoms with Crippen LogP contribution in [0.1, 0.15) is 44.4 Å². The highest BCUT2D eigenvalue weighted by Crippen LogP contribution is 2.33. The van der Waals surface area contributed by atoms with E-state index in [1.54, 1.807) is 0 Å². The molecule has 1 fully saturated rings. The number of alkyl halides is 3. The molecular formula is C21H29F3N6. The number of nitrogen functional groups attached to an aromatic ring is 1. The number of hydrogen-bond acceptors (Lipinski definition) is 6. The average Bonchev–Trinajstić information content (AvgIpc) is 3.14. The summed E-state index contributed by atoms with van der Waals surface area (Å²) >= 11 is 0. The molecule has 164 valence electrons. The molecule has 2 heterocycles. The molecule has 0 aliphatic carbocycles. The van der Waals surface area contributed by atoms with Crippen molar-refractivity contribution >= 4 is 23.1 Å². The van der Waals surface area contributed by atoms with E-state index in [9.17, 15) is 13.2 Å². The summed E-state index contributed by atoms with van der Waals surface area (Å²) in [7, 11) is 0. The molecule has 30 heavy (non-hydrogen) atoms. The molecule has 0 bridgehead atoms. The second-order valence-electron chi connectivity index (χ2n) is 7.60. The molecule has 9 heteroatoms. The van der Waals surface area contributed by atoms with Crippen LogP contribution in [-0.4, -0.2) is 35.6 Å². The maximum Gasteiger partial charge on any atom is 0.416 e. The van der Waals surface area contributed by atoms with Crippen LogP contribution in [0.2, 0.25) is 0 Å². The van der Waals surface area contributed by atoms with Crippen LogP contribution >= 0.6 is 0 Å². The Balaban J connectivity index is 1.88. The van der Waals surface area contributed by atoms with Crippen LogP contribution in [0.25, 0.3) is 0 Å². The van der Waals surface area contributed by atoms with Gasteiger partial charge in [0.1, 0.15) is 5.82 Å². The number of nitrogens with two attached hydrogens (primary N) is 1. The van der Waals surface area contributed by atoms with Crippen LogP contribution in [0.5, 0.6) is 0 Å². The quantitative estimate of drug-likeness (QED) is 0.549. The van der Waals surface area contributed by atoms with Crippen molar-refractivity contribution in [1.29, 1.82) is 0 Å². The summed E-state index contributed by atoms with van der Waals surface area (Å²) in [5, 5.41) is 6.38. The minimum atomic E-state index is -4.47. The lowest BCUT2D eigenvalue weighted by Gasteiger charge is -2.20. The zero-order valence-corrected chi connectivity index (χ0v) is 17.4. The number of hydrogen-bond donors (Lipinski definition) is 3. The number of nitrogens with one attached hydrogen (secondary N) is 2. The number of benzene rings is 1. The average molecular weight is 422 g/mol. The lowest BCUT2D eigenvalue weighted by molar-refractivity contribution is -0.137. The molecule has 2 aromatic rings. The summed E-state index contributed by atoms with van der Waals surface area (Å²) in [5.41, 5.74) is 5.99. The molecule has 6 nitrogen and oxygen atoms in total. The predicted octanol–water partition coefficient (Wildman–Crippen LogP) is 4.35. The third-order valence-electron chi connectivity index (χ3n) is 5.10. The van der Waals surface area contributed by atoms with Crippen molar-refractivity contribution in [2.45, 2.75) is 51.7 Å². The zero-order valence-electron chi connectivity index (χ0n) is 17.4. The van der Waals surface area contributed by atoms with Crippen LogP contribution < -0.4 is 21.3 Å². The molecule has 0 unspecified atom stereocenters. The number of halogens is 3. The van der Waals surface area contributed by atoms with Gasteiger partial charge < -0.3 is 21.3 Å². The van der Waals surface area contributed by atoms with Crippen molar-refractivity contribution in [2.24, 2.45) is 0 Å². The SMILES string of the molecule is CCCCc1cc(N2CC[C@H](NCC)C2)nc(Nc2cc(N)cc(C(F)(F)F)c2)n1. The van der Waals surface area contributed by atoms with Gasteiger partial charge in [-0.3, -0.25) is 0 Å². The first-order valence-corrected chi connectivity index (χ1v) is 10.4. The van der Waals surface area contributed by atoms with Gasteiger partial charge in [-0.15, -0.1) is 0 Å². The molecule has 0 spiro atoms. The van der Waals surface area contributed by atoms with E-state index in [1.165, 1.54) is 6.07 Å². The standard InChI is InChI=1S/C21H29F3N6/c1-3-5-6-16-12-19(30-8-7-17(13-30)26-4-2)29-20(27-16)28-18-10-14(21(22,23)24)9-15(25)11-18/h9-12,17,26H,3-8,13,25H2,1-2H3,(H,27,28,29)/t17-/m0/s1. The van der Waals surface area contributed by atoms with Crippen molar-refractivity contribution in [3.05, 3.63) is 35.5 Å². The normalized spacial score (nSPS) is 16.8. The largest absolute Gasteiger partial charge is 0.416 e. The third kappa shape index (κ3) is 5.75. The van der Waals surface area contributed by atoms with E-state index >= 15 is 0 Å². The minimum Gasteiger partial charge on any atom is -0.399 e. The Morgan fingerprint density at radius 2 is 1.97 bits per heavy atom. The van der Waals surface area contributed by atoms with Crippen LogP contribution in [-0.2, 0) is 12.6 Å². The molecule has 1 aliphatic heterocycles. The summed E-state index contributed by atoms with van der Waals surface area (Å²) in [6, 6.07) is 5.78. The second-order valence-corrected chi connectivity index (χ2v) is 7.60. The van der Waals surface area contributed by atoms with Gasteiger partial charge >= 0.3 is 6.18 Å². The maximum atomic E-state index is 13.1. The number of rotatable bonds is 8. The predicted molar refractivity (Wildman–Crippen MR) is 114 cm³/mol. The first kappa shape index (κ1) is 22.1. The summed E-state index contributed by atoms with van der Waals surface area (Å²) in [5.74, 6) is 1.07. The van der Waals surface area contributed by atoms with E-state index in [-0.39, 0.29) is 17.3 Å². The van der Waals surface area contributed by atoms with Gasteiger partial charge in [-0.05, 0) is 44.0 Å². The monoisotopic (exact) mass is 422 g/mol. The summed E-state index contributed by atoms with van der Waals surface area (Å²) in [6.45, 7) is 6.81. The number of unbranched alkanes of at least 4 members (excludes halogenated alkanes) is 1. The van der Waals surface area contributed by atoms with E-state index in [0.717, 1.165) is 69.0 Å². The van der Waals surface area contributed by atoms with Crippen LogP contribution in [0.3, 0.4) is 0 Å². The lowest BCUT2D eigenvalue weighted by atomic mass is 10.1. The molecule has 0 saturated carbocycles. The zero-order chi connectivity index (χ0) is 21.7. The lowest BCUT2D eigenvalue weighted by Crippen LogP contribution is -2.32. The molecule has 4 N–H and O–H groups in total. The summed E-state index contributed by atoms with van der Waals surface area (Å²) in [4.78, 5) is 11.3. The van der Waals surface area contributed by atoms with Crippen molar-refractivity contribution in [3.8, 4) is 0 Å². The number of aryl methyl sites for hydroxylation is 1. The van der Waals surface area contributed by atoms with E-state index in [2.05, 4.69) is 39.3 Å². The van der Waals surface area contributed by atoms with E-state index < -0.39 is 11.7 Å². The van der Waals surface area contributed by atoms with Crippen LogP contribution in [0, 0.1) is 0 Å². The highest BCUT2D eigenvalue weighted by molar-refractivity contribution is 5.63. The number of anilines is 4.